The fourth-order valence-corrected chi connectivity index (χ4v) is 2.31. The van der Waals surface area contributed by atoms with Crippen LogP contribution >= 0.6 is 0 Å². The predicted molar refractivity (Wildman–Crippen MR) is 76.8 cm³/mol. The fraction of sp³-hybridized carbons (Fsp3) is 0.571. The van der Waals surface area contributed by atoms with E-state index in [4.69, 9.17) is 0 Å². The standard InChI is InChI=1S/C14H23N5/c1-10(2)19-7-5-13(6-8-19)17-18-14-15-11(3)9-12(4)16-14/h5,9-10,17H,6-8H2,1-4H3,(H,15,16,18)/p+1. The molecule has 2 heterocycles. The van der Waals surface area contributed by atoms with E-state index in [2.05, 4.69) is 40.7 Å². The monoisotopic (exact) mass is 262 g/mol. The van der Waals surface area contributed by atoms with E-state index in [-0.39, 0.29) is 0 Å². The molecule has 0 radical (unpaired) electrons. The van der Waals surface area contributed by atoms with Crippen molar-refractivity contribution in [1.82, 2.24) is 15.4 Å². The normalized spacial score (nSPS) is 19.2. The van der Waals surface area contributed by atoms with Crippen molar-refractivity contribution in [1.29, 1.82) is 0 Å². The van der Waals surface area contributed by atoms with Crippen LogP contribution in [0.5, 0.6) is 0 Å². The predicted octanol–water partition coefficient (Wildman–Crippen LogP) is 0.591. The van der Waals surface area contributed by atoms with Crippen molar-refractivity contribution in [3.05, 3.63) is 29.2 Å². The molecule has 0 amide bonds. The average Bonchev–Trinajstić information content (AvgIpc) is 2.36. The molecule has 2 rings (SSSR count). The lowest BCUT2D eigenvalue weighted by atomic mass is 10.2. The molecular formula is C14H24N5+. The molecule has 0 fully saturated rings. The van der Waals surface area contributed by atoms with E-state index in [9.17, 15) is 0 Å². The van der Waals surface area contributed by atoms with Crippen molar-refractivity contribution >= 4 is 5.95 Å². The van der Waals surface area contributed by atoms with Crippen molar-refractivity contribution in [3.8, 4) is 0 Å². The molecule has 1 aromatic rings. The van der Waals surface area contributed by atoms with E-state index in [1.165, 1.54) is 12.2 Å². The summed E-state index contributed by atoms with van der Waals surface area (Å²) in [4.78, 5) is 10.3. The second-order valence-electron chi connectivity index (χ2n) is 5.47. The van der Waals surface area contributed by atoms with Gasteiger partial charge in [0.15, 0.2) is 0 Å². The quantitative estimate of drug-likeness (QED) is 0.695. The van der Waals surface area contributed by atoms with E-state index < -0.39 is 0 Å². The van der Waals surface area contributed by atoms with Gasteiger partial charge in [-0.25, -0.2) is 9.97 Å². The third-order valence-electron chi connectivity index (χ3n) is 3.46. The lowest BCUT2D eigenvalue weighted by molar-refractivity contribution is -0.917. The van der Waals surface area contributed by atoms with E-state index in [1.54, 1.807) is 4.90 Å². The Labute approximate surface area is 115 Å². The number of aryl methyl sites for hydroxylation is 2. The highest BCUT2D eigenvalue weighted by Gasteiger charge is 2.17. The number of hydrazine groups is 1. The van der Waals surface area contributed by atoms with Gasteiger partial charge in [-0.15, -0.1) is 0 Å². The highest BCUT2D eigenvalue weighted by Crippen LogP contribution is 2.04. The van der Waals surface area contributed by atoms with Gasteiger partial charge in [-0.3, -0.25) is 5.43 Å². The van der Waals surface area contributed by atoms with Crippen LogP contribution in [-0.4, -0.2) is 29.1 Å². The first-order valence-electron chi connectivity index (χ1n) is 6.92. The largest absolute Gasteiger partial charge is 0.329 e. The van der Waals surface area contributed by atoms with Gasteiger partial charge in [0.2, 0.25) is 5.95 Å². The third-order valence-corrected chi connectivity index (χ3v) is 3.46. The molecule has 0 spiro atoms. The first-order chi connectivity index (χ1) is 9.04. The highest BCUT2D eigenvalue weighted by molar-refractivity contribution is 5.27. The van der Waals surface area contributed by atoms with Crippen LogP contribution < -0.4 is 15.8 Å². The molecule has 104 valence electrons. The Morgan fingerprint density at radius 2 is 1.84 bits per heavy atom. The molecule has 3 N–H and O–H groups in total. The summed E-state index contributed by atoms with van der Waals surface area (Å²) in [5.74, 6) is 0.636. The molecule has 1 aliphatic heterocycles. The number of rotatable bonds is 4. The lowest BCUT2D eigenvalue weighted by Gasteiger charge is -2.27. The SMILES string of the molecule is Cc1cc(C)nc(NNC2=CC[NH+](C(C)C)CC2)n1. The molecular weight excluding hydrogens is 238 g/mol. The Kier molecular flexibility index (Phi) is 4.37. The maximum atomic E-state index is 4.34. The Morgan fingerprint density at radius 1 is 1.16 bits per heavy atom. The van der Waals surface area contributed by atoms with Gasteiger partial charge in [-0.2, -0.15) is 0 Å². The first-order valence-corrected chi connectivity index (χ1v) is 6.92. The molecule has 0 aromatic carbocycles. The lowest BCUT2D eigenvalue weighted by Crippen LogP contribution is -3.15. The number of nitrogens with zero attached hydrogens (tertiary/aromatic N) is 2. The van der Waals surface area contributed by atoms with Gasteiger partial charge in [-0.1, -0.05) is 0 Å². The Balaban J connectivity index is 1.89. The summed E-state index contributed by atoms with van der Waals surface area (Å²) in [5.41, 5.74) is 9.50. The first kappa shape index (κ1) is 13.8. The summed E-state index contributed by atoms with van der Waals surface area (Å²) in [6.07, 6.45) is 3.32. The molecule has 5 heteroatoms. The summed E-state index contributed by atoms with van der Waals surface area (Å²) in [7, 11) is 0. The van der Waals surface area contributed by atoms with Crippen LogP contribution in [0.1, 0.15) is 31.7 Å². The van der Waals surface area contributed by atoms with E-state index in [0.29, 0.717) is 12.0 Å². The van der Waals surface area contributed by atoms with Crippen LogP contribution in [0.3, 0.4) is 0 Å². The van der Waals surface area contributed by atoms with Crippen LogP contribution in [-0.2, 0) is 0 Å². The van der Waals surface area contributed by atoms with E-state index in [0.717, 1.165) is 24.4 Å². The topological polar surface area (TPSA) is 54.3 Å². The van der Waals surface area contributed by atoms with Crippen molar-refractivity contribution in [3.63, 3.8) is 0 Å². The number of quaternary nitrogens is 1. The average molecular weight is 262 g/mol. The van der Waals surface area contributed by atoms with Gasteiger partial charge >= 0.3 is 0 Å². The van der Waals surface area contributed by atoms with Gasteiger partial charge in [0.25, 0.3) is 0 Å². The number of aromatic nitrogens is 2. The van der Waals surface area contributed by atoms with Gasteiger partial charge < -0.3 is 10.3 Å². The smallest absolute Gasteiger partial charge is 0.242 e. The highest BCUT2D eigenvalue weighted by atomic mass is 15.4. The Bertz CT molecular complexity index is 447. The molecule has 0 saturated heterocycles. The number of nitrogens with one attached hydrogen (secondary N) is 3. The van der Waals surface area contributed by atoms with Crippen molar-refractivity contribution < 1.29 is 4.90 Å². The summed E-state index contributed by atoms with van der Waals surface area (Å²) >= 11 is 0. The molecule has 0 saturated carbocycles. The maximum absolute atomic E-state index is 4.34. The number of hydrogen-bond acceptors (Lipinski definition) is 4. The van der Waals surface area contributed by atoms with Gasteiger partial charge in [0.05, 0.1) is 19.1 Å². The number of anilines is 1. The molecule has 0 aliphatic carbocycles. The zero-order valence-electron chi connectivity index (χ0n) is 12.2. The Morgan fingerprint density at radius 3 is 2.37 bits per heavy atom. The third kappa shape index (κ3) is 3.92. The summed E-state index contributed by atoms with van der Waals surface area (Å²) in [6.45, 7) is 10.7. The van der Waals surface area contributed by atoms with Crippen LogP contribution in [0.15, 0.2) is 17.8 Å². The van der Waals surface area contributed by atoms with Gasteiger partial charge in [0.1, 0.15) is 0 Å². The second-order valence-corrected chi connectivity index (χ2v) is 5.47. The zero-order valence-corrected chi connectivity index (χ0v) is 12.2. The van der Waals surface area contributed by atoms with Crippen molar-refractivity contribution in [2.24, 2.45) is 0 Å². The van der Waals surface area contributed by atoms with E-state index in [1.807, 2.05) is 19.9 Å². The van der Waals surface area contributed by atoms with Crippen LogP contribution in [0.25, 0.3) is 0 Å². The molecule has 1 aliphatic rings. The van der Waals surface area contributed by atoms with Crippen LogP contribution in [0.4, 0.5) is 5.95 Å². The van der Waals surface area contributed by atoms with Gasteiger partial charge in [0, 0.05) is 23.5 Å². The Hall–Kier alpha value is -1.62. The minimum absolute atomic E-state index is 0.636. The summed E-state index contributed by atoms with van der Waals surface area (Å²) < 4.78 is 0. The van der Waals surface area contributed by atoms with E-state index >= 15 is 0 Å². The molecule has 19 heavy (non-hydrogen) atoms. The molecule has 1 atom stereocenters. The van der Waals surface area contributed by atoms with Crippen LogP contribution in [0, 0.1) is 13.8 Å². The summed E-state index contributed by atoms with van der Waals surface area (Å²) in [6, 6.07) is 2.66. The second kappa shape index (κ2) is 6.02. The maximum Gasteiger partial charge on any atom is 0.242 e. The van der Waals surface area contributed by atoms with Crippen molar-refractivity contribution in [2.75, 3.05) is 18.5 Å². The molecule has 5 nitrogen and oxygen atoms in total. The van der Waals surface area contributed by atoms with Crippen LogP contribution in [0.2, 0.25) is 0 Å². The number of hydrogen-bond donors (Lipinski definition) is 3. The molecule has 1 aromatic heterocycles. The van der Waals surface area contributed by atoms with Gasteiger partial charge in [-0.05, 0) is 39.8 Å². The minimum Gasteiger partial charge on any atom is -0.329 e. The minimum atomic E-state index is 0.636. The van der Waals surface area contributed by atoms with Crippen molar-refractivity contribution in [2.45, 2.75) is 40.2 Å². The zero-order chi connectivity index (χ0) is 13.8. The summed E-state index contributed by atoms with van der Waals surface area (Å²) in [5, 5.41) is 0. The molecule has 0 bridgehead atoms. The molecule has 1 unspecified atom stereocenters. The fourth-order valence-electron chi connectivity index (χ4n) is 2.31.